The zero-order chi connectivity index (χ0) is 37.6. The van der Waals surface area contributed by atoms with E-state index in [4.69, 9.17) is 77.8 Å². The molecule has 0 saturated carbocycles. The molecule has 0 heterocycles. The minimum absolute atomic E-state index is 0.0137. The summed E-state index contributed by atoms with van der Waals surface area (Å²) in [6.45, 7) is -1.36. The molecule has 5 atom stereocenters. The first-order chi connectivity index (χ1) is 25.0. The highest BCUT2D eigenvalue weighted by Crippen LogP contribution is 2.08. The van der Waals surface area contributed by atoms with E-state index >= 15 is 0 Å². The van der Waals surface area contributed by atoms with E-state index in [0.29, 0.717) is 0 Å². The predicted octanol–water partition coefficient (Wildman–Crippen LogP) is -3.69. The third-order valence-corrected chi connectivity index (χ3v) is 6.18. The third kappa shape index (κ3) is 31.2. The van der Waals surface area contributed by atoms with Crippen molar-refractivity contribution in [1.82, 2.24) is 0 Å². The molecule has 0 aromatic heterocycles. The highest BCUT2D eigenvalue weighted by Gasteiger charge is 2.23. The molecule has 8 N–H and O–H groups in total. The molecule has 5 unspecified atom stereocenters. The van der Waals surface area contributed by atoms with Crippen molar-refractivity contribution in [3.05, 3.63) is 0 Å². The van der Waals surface area contributed by atoms with Gasteiger partial charge in [0.2, 0.25) is 0 Å². The fraction of sp³-hybridized carbons (Fsp3) is 1.00. The Morgan fingerprint density at radius 1 is 0.294 bits per heavy atom. The lowest BCUT2D eigenvalue weighted by Crippen LogP contribution is -2.39. The van der Waals surface area contributed by atoms with Crippen molar-refractivity contribution in [2.45, 2.75) is 36.6 Å². The Kier molecular flexibility index (Phi) is 38.2. The highest BCUT2D eigenvalue weighted by atomic mass is 17.1. The molecule has 21 nitrogen and oxygen atoms in total. The first-order valence-electron chi connectivity index (χ1n) is 16.8. The van der Waals surface area contributed by atoms with E-state index in [0.717, 1.165) is 0 Å². The van der Waals surface area contributed by atoms with Gasteiger partial charge in [0, 0.05) is 0 Å². The van der Waals surface area contributed by atoms with Gasteiger partial charge in [-0.2, -0.15) is 0 Å². The van der Waals surface area contributed by atoms with Crippen molar-refractivity contribution in [2.24, 2.45) is 0 Å². The molecule has 0 aromatic carbocycles. The molecule has 0 amide bonds. The molecule has 0 aromatic rings. The van der Waals surface area contributed by atoms with E-state index in [9.17, 15) is 15.5 Å². The Morgan fingerprint density at radius 2 is 0.569 bits per heavy atom. The van der Waals surface area contributed by atoms with Crippen LogP contribution in [-0.2, 0) is 61.9 Å². The van der Waals surface area contributed by atoms with Crippen LogP contribution in [0.2, 0.25) is 0 Å². The predicted molar refractivity (Wildman–Crippen MR) is 172 cm³/mol. The zero-order valence-electron chi connectivity index (χ0n) is 29.3. The minimum atomic E-state index is -0.869. The van der Waals surface area contributed by atoms with Gasteiger partial charge in [-0.05, 0) is 0 Å². The highest BCUT2D eigenvalue weighted by molar-refractivity contribution is 4.67. The summed E-state index contributed by atoms with van der Waals surface area (Å²) in [5, 5.41) is 72.5. The molecule has 0 aliphatic heterocycles. The van der Waals surface area contributed by atoms with Crippen molar-refractivity contribution >= 4 is 0 Å². The maximum Gasteiger partial charge on any atom is 0.139 e. The average Bonchev–Trinajstić information content (AvgIpc) is 3.13. The van der Waals surface area contributed by atoms with Crippen LogP contribution in [0.15, 0.2) is 0 Å². The second-order valence-electron chi connectivity index (χ2n) is 10.6. The fourth-order valence-corrected chi connectivity index (χ4v) is 3.97. The van der Waals surface area contributed by atoms with Gasteiger partial charge in [-0.1, -0.05) is 0 Å². The number of aliphatic hydroxyl groups is 6. The normalized spacial score (nSPS) is 15.5. The van der Waals surface area contributed by atoms with Crippen LogP contribution in [0.25, 0.3) is 0 Å². The molecule has 21 heteroatoms. The summed E-state index contributed by atoms with van der Waals surface area (Å²) in [5.74, 6) is 0. The smallest absolute Gasteiger partial charge is 0.139 e. The van der Waals surface area contributed by atoms with Crippen LogP contribution < -0.4 is 0 Å². The first-order valence-corrected chi connectivity index (χ1v) is 16.8. The van der Waals surface area contributed by atoms with Crippen molar-refractivity contribution in [3.63, 3.8) is 0 Å². The van der Waals surface area contributed by atoms with Crippen LogP contribution in [0.1, 0.15) is 0 Å². The standard InChI is InChI=1S/C30H62O21/c31-1-7-39-13-25(46-10-4-34)15-42-18-28(19-43-16-26(47-11-5-35)14-40-8-2-32)50-29(20-44-17-27(24-49-37)48-12-6-36)21-45-23-30(51-38)22-41-9-3-33/h25-38H,1-24H2. The van der Waals surface area contributed by atoms with E-state index in [1.165, 1.54) is 0 Å². The summed E-state index contributed by atoms with van der Waals surface area (Å²) in [7, 11) is 0. The molecular formula is C30H62O21. The number of hydrogen-bond donors (Lipinski definition) is 8. The first kappa shape index (κ1) is 50.2. The number of aliphatic hydroxyl groups excluding tert-OH is 6. The van der Waals surface area contributed by atoms with Crippen molar-refractivity contribution in [1.29, 1.82) is 0 Å². The lowest BCUT2D eigenvalue weighted by Gasteiger charge is -2.27. The van der Waals surface area contributed by atoms with Gasteiger partial charge in [0.05, 0.1) is 152 Å². The molecule has 0 spiro atoms. The van der Waals surface area contributed by atoms with Gasteiger partial charge in [0.15, 0.2) is 0 Å². The van der Waals surface area contributed by atoms with Crippen molar-refractivity contribution < 1.29 is 103 Å². The van der Waals surface area contributed by atoms with Gasteiger partial charge in [-0.3, -0.25) is 10.5 Å². The Hall–Kier alpha value is -0.840. The summed E-state index contributed by atoms with van der Waals surface area (Å²) >= 11 is 0. The van der Waals surface area contributed by atoms with Gasteiger partial charge in [0.25, 0.3) is 0 Å². The quantitative estimate of drug-likeness (QED) is 0.0169. The Labute approximate surface area is 298 Å². The summed E-state index contributed by atoms with van der Waals surface area (Å²) in [6.07, 6.45) is -4.25. The monoisotopic (exact) mass is 758 g/mol. The minimum Gasteiger partial charge on any atom is -0.394 e. The molecule has 0 radical (unpaired) electrons. The maximum absolute atomic E-state index is 9.22. The summed E-state index contributed by atoms with van der Waals surface area (Å²) in [5.41, 5.74) is 0. The molecule has 0 aliphatic rings. The maximum atomic E-state index is 9.22. The van der Waals surface area contributed by atoms with E-state index in [1.54, 1.807) is 0 Å². The second kappa shape index (κ2) is 38.9. The summed E-state index contributed by atoms with van der Waals surface area (Å²) < 4.78 is 62.0. The van der Waals surface area contributed by atoms with Gasteiger partial charge in [-0.25, -0.2) is 9.78 Å². The number of rotatable bonds is 42. The Morgan fingerprint density at radius 3 is 0.882 bits per heavy atom. The largest absolute Gasteiger partial charge is 0.394 e. The lowest BCUT2D eigenvalue weighted by atomic mass is 10.3. The van der Waals surface area contributed by atoms with Crippen LogP contribution in [0.3, 0.4) is 0 Å². The SMILES string of the molecule is OCCOCC(COCC(COCC(COO)OCCO)OC(COCC(COCCO)OCCO)COCC(COCCO)OCCO)OO. The average molecular weight is 759 g/mol. The molecule has 51 heavy (non-hydrogen) atoms. The van der Waals surface area contributed by atoms with Crippen LogP contribution in [0.4, 0.5) is 0 Å². The van der Waals surface area contributed by atoms with Crippen LogP contribution in [-0.4, -0.2) is 236 Å². The van der Waals surface area contributed by atoms with Gasteiger partial charge in [0.1, 0.15) is 43.2 Å². The van der Waals surface area contributed by atoms with E-state index < -0.39 is 36.6 Å². The van der Waals surface area contributed by atoms with E-state index in [2.05, 4.69) is 9.78 Å². The van der Waals surface area contributed by atoms with Gasteiger partial charge < -0.3 is 82.7 Å². The second-order valence-corrected chi connectivity index (χ2v) is 10.6. The molecule has 0 bridgehead atoms. The Bertz CT molecular complexity index is 658. The number of ether oxygens (including phenoxy) is 11. The fourth-order valence-electron chi connectivity index (χ4n) is 3.97. The number of hydrogen-bond acceptors (Lipinski definition) is 21. The molecule has 308 valence electrons. The molecule has 0 aliphatic carbocycles. The lowest BCUT2D eigenvalue weighted by molar-refractivity contribution is -0.297. The van der Waals surface area contributed by atoms with Gasteiger partial charge >= 0.3 is 0 Å². The zero-order valence-corrected chi connectivity index (χ0v) is 29.3. The topological polar surface area (TPSA) is 282 Å². The molecule has 0 rings (SSSR count). The van der Waals surface area contributed by atoms with Crippen molar-refractivity contribution in [2.75, 3.05) is 159 Å². The van der Waals surface area contributed by atoms with Crippen LogP contribution in [0, 0.1) is 0 Å². The molecule has 0 saturated heterocycles. The van der Waals surface area contributed by atoms with Crippen molar-refractivity contribution in [3.8, 4) is 0 Å². The Balaban J connectivity index is 5.72. The molecule has 0 fully saturated rings. The van der Waals surface area contributed by atoms with E-state index in [-0.39, 0.29) is 159 Å². The summed E-state index contributed by atoms with van der Waals surface area (Å²) in [6, 6.07) is 0. The van der Waals surface area contributed by atoms with Crippen LogP contribution in [0.5, 0.6) is 0 Å². The summed E-state index contributed by atoms with van der Waals surface area (Å²) in [4.78, 5) is 8.57. The third-order valence-electron chi connectivity index (χ3n) is 6.18. The van der Waals surface area contributed by atoms with Crippen LogP contribution >= 0.6 is 0 Å². The van der Waals surface area contributed by atoms with E-state index in [1.807, 2.05) is 0 Å². The molecular weight excluding hydrogens is 696 g/mol. The van der Waals surface area contributed by atoms with Gasteiger partial charge in [-0.15, -0.1) is 0 Å².